The van der Waals surface area contributed by atoms with E-state index in [1.54, 1.807) is 18.4 Å². The number of halogens is 1. The van der Waals surface area contributed by atoms with Gasteiger partial charge in [0.25, 0.3) is 0 Å². The highest BCUT2D eigenvalue weighted by Gasteiger charge is 2.04. The number of aryl methyl sites for hydroxylation is 1. The Bertz CT molecular complexity index is 785. The maximum Gasteiger partial charge on any atom is 0.137 e. The molecule has 0 saturated carbocycles. The first-order chi connectivity index (χ1) is 10.2. The van der Waals surface area contributed by atoms with Crippen LogP contribution in [-0.2, 0) is 6.54 Å². The minimum atomic E-state index is 0.630. The first-order valence-corrected chi connectivity index (χ1v) is 7.78. The maximum atomic E-state index is 6.13. The Kier molecular flexibility index (Phi) is 3.99. The average Bonchev–Trinajstić information content (AvgIpc) is 2.84. The van der Waals surface area contributed by atoms with E-state index in [-0.39, 0.29) is 0 Å². The van der Waals surface area contributed by atoms with Crippen LogP contribution in [0.5, 0.6) is 5.75 Å². The second-order valence-electron chi connectivity index (χ2n) is 4.74. The monoisotopic (exact) mass is 318 g/mol. The molecule has 0 atom stereocenters. The van der Waals surface area contributed by atoms with Crippen LogP contribution in [0.3, 0.4) is 0 Å². The van der Waals surface area contributed by atoms with Crippen molar-refractivity contribution < 1.29 is 4.74 Å². The molecule has 3 aromatic rings. The van der Waals surface area contributed by atoms with Crippen molar-refractivity contribution in [2.45, 2.75) is 13.5 Å². The van der Waals surface area contributed by atoms with Crippen molar-refractivity contribution in [2.24, 2.45) is 0 Å². The topological polar surface area (TPSA) is 34.1 Å². The molecule has 0 amide bonds. The van der Waals surface area contributed by atoms with E-state index in [2.05, 4.69) is 16.4 Å². The van der Waals surface area contributed by atoms with E-state index in [1.165, 1.54) is 4.70 Å². The zero-order valence-corrected chi connectivity index (χ0v) is 13.4. The summed E-state index contributed by atoms with van der Waals surface area (Å²) in [6, 6.07) is 12.0. The van der Waals surface area contributed by atoms with E-state index < -0.39 is 0 Å². The summed E-state index contributed by atoms with van der Waals surface area (Å²) in [5.74, 6) is 0.696. The molecule has 0 bridgehead atoms. The predicted octanol–water partition coefficient (Wildman–Crippen LogP) is 4.88. The largest absolute Gasteiger partial charge is 0.495 e. The first-order valence-electron chi connectivity index (χ1n) is 6.59. The quantitative estimate of drug-likeness (QED) is 0.744. The van der Waals surface area contributed by atoms with Crippen LogP contribution in [0.2, 0.25) is 5.02 Å². The van der Waals surface area contributed by atoms with E-state index in [1.807, 2.05) is 37.3 Å². The SMILES string of the molecule is COc1ccc(CNc2ccc3nc(C)sc3c2)cc1Cl. The molecular formula is C16H15ClN2OS. The van der Waals surface area contributed by atoms with Gasteiger partial charge in [0.15, 0.2) is 0 Å². The molecule has 0 unspecified atom stereocenters. The van der Waals surface area contributed by atoms with Crippen LogP contribution in [0.15, 0.2) is 36.4 Å². The van der Waals surface area contributed by atoms with Gasteiger partial charge in [-0.15, -0.1) is 11.3 Å². The molecule has 1 N–H and O–H groups in total. The third-order valence-electron chi connectivity index (χ3n) is 3.21. The number of rotatable bonds is 4. The number of benzene rings is 2. The van der Waals surface area contributed by atoms with Gasteiger partial charge in [-0.05, 0) is 42.8 Å². The van der Waals surface area contributed by atoms with E-state index in [9.17, 15) is 0 Å². The molecule has 108 valence electrons. The van der Waals surface area contributed by atoms with E-state index in [4.69, 9.17) is 16.3 Å². The van der Waals surface area contributed by atoms with Crippen molar-refractivity contribution in [3.63, 3.8) is 0 Å². The van der Waals surface area contributed by atoms with Crippen LogP contribution in [0.4, 0.5) is 5.69 Å². The maximum absolute atomic E-state index is 6.13. The van der Waals surface area contributed by atoms with Crippen molar-refractivity contribution >= 4 is 38.8 Å². The zero-order chi connectivity index (χ0) is 14.8. The van der Waals surface area contributed by atoms with Gasteiger partial charge < -0.3 is 10.1 Å². The van der Waals surface area contributed by atoms with Crippen molar-refractivity contribution in [1.29, 1.82) is 0 Å². The van der Waals surface area contributed by atoms with Gasteiger partial charge in [-0.2, -0.15) is 0 Å². The zero-order valence-electron chi connectivity index (χ0n) is 11.8. The lowest BCUT2D eigenvalue weighted by molar-refractivity contribution is 0.415. The highest BCUT2D eigenvalue weighted by molar-refractivity contribution is 7.18. The van der Waals surface area contributed by atoms with Crippen LogP contribution in [0.1, 0.15) is 10.6 Å². The third kappa shape index (κ3) is 3.12. The van der Waals surface area contributed by atoms with Gasteiger partial charge in [0.05, 0.1) is 27.4 Å². The summed E-state index contributed by atoms with van der Waals surface area (Å²) < 4.78 is 6.35. The number of nitrogens with zero attached hydrogens (tertiary/aromatic N) is 1. The number of hydrogen-bond acceptors (Lipinski definition) is 4. The number of thiazole rings is 1. The molecule has 0 aliphatic heterocycles. The number of fused-ring (bicyclic) bond motifs is 1. The molecule has 2 aromatic carbocycles. The van der Waals surface area contributed by atoms with Gasteiger partial charge in [-0.1, -0.05) is 17.7 Å². The summed E-state index contributed by atoms with van der Waals surface area (Å²) in [5, 5.41) is 5.12. The normalized spacial score (nSPS) is 10.8. The summed E-state index contributed by atoms with van der Waals surface area (Å²) in [6.45, 7) is 2.74. The van der Waals surface area contributed by atoms with E-state index >= 15 is 0 Å². The molecule has 0 saturated heterocycles. The van der Waals surface area contributed by atoms with Gasteiger partial charge in [0.1, 0.15) is 5.75 Å². The fourth-order valence-electron chi connectivity index (χ4n) is 2.17. The molecular weight excluding hydrogens is 304 g/mol. The van der Waals surface area contributed by atoms with Crippen LogP contribution < -0.4 is 10.1 Å². The fraction of sp³-hybridized carbons (Fsp3) is 0.188. The number of aromatic nitrogens is 1. The lowest BCUT2D eigenvalue weighted by Crippen LogP contribution is -1.99. The van der Waals surface area contributed by atoms with E-state index in [0.717, 1.165) is 21.8 Å². The van der Waals surface area contributed by atoms with E-state index in [0.29, 0.717) is 17.3 Å². The van der Waals surface area contributed by atoms with Crippen LogP contribution in [0.25, 0.3) is 10.2 Å². The number of anilines is 1. The van der Waals surface area contributed by atoms with Gasteiger partial charge in [0, 0.05) is 12.2 Å². The Labute approximate surface area is 132 Å². The Hall–Kier alpha value is -1.78. The van der Waals surface area contributed by atoms with Gasteiger partial charge >= 0.3 is 0 Å². The summed E-state index contributed by atoms with van der Waals surface area (Å²) in [6.07, 6.45) is 0. The Morgan fingerprint density at radius 3 is 2.86 bits per heavy atom. The first kappa shape index (κ1) is 14.2. The van der Waals surface area contributed by atoms with Crippen molar-refractivity contribution in [3.05, 3.63) is 52.0 Å². The smallest absolute Gasteiger partial charge is 0.137 e. The highest BCUT2D eigenvalue weighted by atomic mass is 35.5. The Morgan fingerprint density at radius 1 is 1.24 bits per heavy atom. The van der Waals surface area contributed by atoms with Crippen LogP contribution >= 0.6 is 22.9 Å². The number of nitrogens with one attached hydrogen (secondary N) is 1. The van der Waals surface area contributed by atoms with Gasteiger partial charge in [0.2, 0.25) is 0 Å². The lowest BCUT2D eigenvalue weighted by atomic mass is 10.2. The summed E-state index contributed by atoms with van der Waals surface area (Å²) >= 11 is 7.84. The fourth-order valence-corrected chi connectivity index (χ4v) is 3.32. The minimum Gasteiger partial charge on any atom is -0.495 e. The number of hydrogen-bond donors (Lipinski definition) is 1. The molecule has 0 aliphatic rings. The molecule has 5 heteroatoms. The standard InChI is InChI=1S/C16H15ClN2OS/c1-10-19-14-5-4-12(8-16(14)21-10)18-9-11-3-6-15(20-2)13(17)7-11/h3-8,18H,9H2,1-2H3. The minimum absolute atomic E-state index is 0.630. The predicted molar refractivity (Wildman–Crippen MR) is 89.7 cm³/mol. The molecule has 21 heavy (non-hydrogen) atoms. The highest BCUT2D eigenvalue weighted by Crippen LogP contribution is 2.27. The summed E-state index contributed by atoms with van der Waals surface area (Å²) in [5.41, 5.74) is 3.25. The third-order valence-corrected chi connectivity index (χ3v) is 4.44. The number of methoxy groups -OCH3 is 1. The molecule has 1 aromatic heterocycles. The number of ether oxygens (including phenoxy) is 1. The summed E-state index contributed by atoms with van der Waals surface area (Å²) in [4.78, 5) is 4.46. The van der Waals surface area contributed by atoms with Crippen molar-refractivity contribution in [3.8, 4) is 5.75 Å². The molecule has 0 aliphatic carbocycles. The molecule has 3 nitrogen and oxygen atoms in total. The van der Waals surface area contributed by atoms with Crippen molar-refractivity contribution in [2.75, 3.05) is 12.4 Å². The summed E-state index contributed by atoms with van der Waals surface area (Å²) in [7, 11) is 1.62. The molecule has 3 rings (SSSR count). The molecule has 0 spiro atoms. The Morgan fingerprint density at radius 2 is 2.10 bits per heavy atom. The molecule has 0 radical (unpaired) electrons. The second kappa shape index (κ2) is 5.92. The lowest BCUT2D eigenvalue weighted by Gasteiger charge is -2.08. The molecule has 1 heterocycles. The van der Waals surface area contributed by atoms with Gasteiger partial charge in [-0.25, -0.2) is 4.98 Å². The molecule has 0 fully saturated rings. The average molecular weight is 319 g/mol. The van der Waals surface area contributed by atoms with Gasteiger partial charge in [-0.3, -0.25) is 0 Å². The second-order valence-corrected chi connectivity index (χ2v) is 6.38. The van der Waals surface area contributed by atoms with Crippen LogP contribution in [-0.4, -0.2) is 12.1 Å². The van der Waals surface area contributed by atoms with Crippen molar-refractivity contribution in [1.82, 2.24) is 4.98 Å². The Balaban J connectivity index is 1.75. The van der Waals surface area contributed by atoms with Crippen LogP contribution in [0, 0.1) is 6.92 Å².